The predicted molar refractivity (Wildman–Crippen MR) is 72.7 cm³/mol. The summed E-state index contributed by atoms with van der Waals surface area (Å²) >= 11 is 5.63. The Morgan fingerprint density at radius 1 is 1.18 bits per heavy atom. The summed E-state index contributed by atoms with van der Waals surface area (Å²) in [4.78, 5) is 0. The van der Waals surface area contributed by atoms with E-state index in [9.17, 15) is 0 Å². The first-order valence-electron chi connectivity index (χ1n) is 5.47. The lowest BCUT2D eigenvalue weighted by molar-refractivity contribution is 0.414. The van der Waals surface area contributed by atoms with Crippen molar-refractivity contribution >= 4 is 22.4 Å². The number of benzene rings is 2. The van der Waals surface area contributed by atoms with E-state index in [4.69, 9.17) is 16.3 Å². The van der Waals surface area contributed by atoms with Gasteiger partial charge >= 0.3 is 0 Å². The molecule has 0 aliphatic rings. The fourth-order valence-electron chi connectivity index (χ4n) is 1.75. The predicted octanol–water partition coefficient (Wildman–Crippen LogP) is 3.83. The average Bonchev–Trinajstić information content (AvgIpc) is 2.39. The number of alkyl halides is 1. The Hall–Kier alpha value is -1.65. The summed E-state index contributed by atoms with van der Waals surface area (Å²) < 4.78 is 5.35. The van der Waals surface area contributed by atoms with Crippen LogP contribution in [0.4, 0.5) is 0 Å². The van der Waals surface area contributed by atoms with Gasteiger partial charge in [-0.05, 0) is 11.5 Å². The Balaban J connectivity index is 2.60. The van der Waals surface area contributed by atoms with Gasteiger partial charge in [0.2, 0.25) is 0 Å². The average molecular weight is 245 g/mol. The highest BCUT2D eigenvalue weighted by Crippen LogP contribution is 2.26. The van der Waals surface area contributed by atoms with Gasteiger partial charge in [0.05, 0.1) is 12.7 Å². The van der Waals surface area contributed by atoms with Gasteiger partial charge in [0, 0.05) is 17.7 Å². The first-order valence-corrected chi connectivity index (χ1v) is 6.01. The second kappa shape index (κ2) is 5.61. The molecule has 0 atom stereocenters. The standard InChI is InChI=1S/C15H13ClO/c1-17-15-10-9-12-6-2-3-7-13(12)14(15)8-4-5-11-16/h2-3,6-7,9-10H,5,11H2,1H3. The maximum absolute atomic E-state index is 5.63. The third-order valence-corrected chi connectivity index (χ3v) is 2.73. The molecule has 0 N–H and O–H groups in total. The van der Waals surface area contributed by atoms with Crippen LogP contribution in [0.5, 0.6) is 5.75 Å². The van der Waals surface area contributed by atoms with Crippen LogP contribution < -0.4 is 4.74 Å². The minimum atomic E-state index is 0.556. The molecule has 2 aromatic rings. The van der Waals surface area contributed by atoms with Crippen molar-refractivity contribution in [2.45, 2.75) is 6.42 Å². The largest absolute Gasteiger partial charge is 0.495 e. The van der Waals surface area contributed by atoms with Crippen molar-refractivity contribution in [3.05, 3.63) is 42.0 Å². The fourth-order valence-corrected chi connectivity index (χ4v) is 1.84. The van der Waals surface area contributed by atoms with Crippen LogP contribution in [-0.2, 0) is 0 Å². The van der Waals surface area contributed by atoms with Crippen molar-refractivity contribution < 1.29 is 4.74 Å². The van der Waals surface area contributed by atoms with Crippen LogP contribution in [0.3, 0.4) is 0 Å². The third kappa shape index (κ3) is 2.54. The van der Waals surface area contributed by atoms with Crippen LogP contribution in [0.2, 0.25) is 0 Å². The molecule has 0 radical (unpaired) electrons. The van der Waals surface area contributed by atoms with Gasteiger partial charge in [-0.25, -0.2) is 0 Å². The van der Waals surface area contributed by atoms with Crippen molar-refractivity contribution in [1.29, 1.82) is 0 Å². The highest BCUT2D eigenvalue weighted by atomic mass is 35.5. The zero-order chi connectivity index (χ0) is 12.1. The molecule has 2 heteroatoms. The van der Waals surface area contributed by atoms with Crippen LogP contribution in [0.1, 0.15) is 12.0 Å². The van der Waals surface area contributed by atoms with Crippen LogP contribution in [0, 0.1) is 11.8 Å². The monoisotopic (exact) mass is 244 g/mol. The van der Waals surface area contributed by atoms with Gasteiger partial charge in [-0.1, -0.05) is 42.2 Å². The van der Waals surface area contributed by atoms with Crippen molar-refractivity contribution in [2.75, 3.05) is 13.0 Å². The van der Waals surface area contributed by atoms with E-state index in [0.717, 1.165) is 16.7 Å². The maximum atomic E-state index is 5.63. The van der Waals surface area contributed by atoms with Crippen molar-refractivity contribution in [1.82, 2.24) is 0 Å². The lowest BCUT2D eigenvalue weighted by Gasteiger charge is -2.06. The van der Waals surface area contributed by atoms with Crippen molar-refractivity contribution in [2.24, 2.45) is 0 Å². The summed E-state index contributed by atoms with van der Waals surface area (Å²) in [5.74, 6) is 7.57. The molecule has 0 unspecified atom stereocenters. The zero-order valence-electron chi connectivity index (χ0n) is 9.66. The van der Waals surface area contributed by atoms with E-state index in [-0.39, 0.29) is 0 Å². The molecule has 0 fully saturated rings. The molecule has 0 bridgehead atoms. The molecule has 86 valence electrons. The van der Waals surface area contributed by atoms with Gasteiger partial charge in [0.1, 0.15) is 5.75 Å². The fraction of sp³-hybridized carbons (Fsp3) is 0.200. The number of fused-ring (bicyclic) bond motifs is 1. The highest BCUT2D eigenvalue weighted by Gasteiger charge is 2.04. The Labute approximate surface area is 106 Å². The second-order valence-corrected chi connectivity index (χ2v) is 3.98. The quantitative estimate of drug-likeness (QED) is 0.576. The SMILES string of the molecule is COc1ccc2ccccc2c1C#CCCCl. The molecule has 0 amide bonds. The van der Waals surface area contributed by atoms with Crippen LogP contribution >= 0.6 is 11.6 Å². The smallest absolute Gasteiger partial charge is 0.135 e. The van der Waals surface area contributed by atoms with E-state index in [2.05, 4.69) is 24.0 Å². The molecular weight excluding hydrogens is 232 g/mol. The lowest BCUT2D eigenvalue weighted by atomic mass is 10.0. The van der Waals surface area contributed by atoms with Gasteiger partial charge in [-0.15, -0.1) is 11.6 Å². The number of rotatable bonds is 2. The van der Waals surface area contributed by atoms with E-state index in [1.807, 2.05) is 24.3 Å². The van der Waals surface area contributed by atoms with Gasteiger partial charge in [-0.3, -0.25) is 0 Å². The normalized spacial score (nSPS) is 9.76. The molecule has 0 heterocycles. The summed E-state index contributed by atoms with van der Waals surface area (Å²) in [6.07, 6.45) is 0.688. The summed E-state index contributed by atoms with van der Waals surface area (Å²) in [5.41, 5.74) is 0.940. The van der Waals surface area contributed by atoms with E-state index < -0.39 is 0 Å². The van der Waals surface area contributed by atoms with Crippen molar-refractivity contribution in [3.63, 3.8) is 0 Å². The molecule has 2 aromatic carbocycles. The lowest BCUT2D eigenvalue weighted by Crippen LogP contribution is -1.89. The zero-order valence-corrected chi connectivity index (χ0v) is 10.4. The molecule has 17 heavy (non-hydrogen) atoms. The molecule has 0 aliphatic heterocycles. The Bertz CT molecular complexity index is 578. The number of hydrogen-bond donors (Lipinski definition) is 0. The molecule has 0 saturated carbocycles. The van der Waals surface area contributed by atoms with Gasteiger partial charge in [0.15, 0.2) is 0 Å². The minimum absolute atomic E-state index is 0.556. The van der Waals surface area contributed by atoms with Gasteiger partial charge in [-0.2, -0.15) is 0 Å². The molecule has 0 aliphatic carbocycles. The van der Waals surface area contributed by atoms with E-state index in [0.29, 0.717) is 12.3 Å². The van der Waals surface area contributed by atoms with Crippen molar-refractivity contribution in [3.8, 4) is 17.6 Å². The van der Waals surface area contributed by atoms with Crippen LogP contribution in [-0.4, -0.2) is 13.0 Å². The molecule has 1 nitrogen and oxygen atoms in total. The van der Waals surface area contributed by atoms with E-state index >= 15 is 0 Å². The third-order valence-electron chi connectivity index (χ3n) is 2.54. The van der Waals surface area contributed by atoms with E-state index in [1.54, 1.807) is 7.11 Å². The Morgan fingerprint density at radius 3 is 2.76 bits per heavy atom. The molecule has 0 spiro atoms. The minimum Gasteiger partial charge on any atom is -0.495 e. The second-order valence-electron chi connectivity index (χ2n) is 3.60. The highest BCUT2D eigenvalue weighted by molar-refractivity contribution is 6.18. The molecule has 0 saturated heterocycles. The number of halogens is 1. The summed E-state index contributed by atoms with van der Waals surface area (Å²) in [6, 6.07) is 12.2. The first kappa shape index (κ1) is 11.8. The maximum Gasteiger partial charge on any atom is 0.135 e. The number of ether oxygens (including phenoxy) is 1. The molecule has 2 rings (SSSR count). The van der Waals surface area contributed by atoms with Crippen LogP contribution in [0.15, 0.2) is 36.4 Å². The Morgan fingerprint density at radius 2 is 2.00 bits per heavy atom. The summed E-state index contributed by atoms with van der Waals surface area (Å²) in [5, 5.41) is 2.29. The summed E-state index contributed by atoms with van der Waals surface area (Å²) in [6.45, 7) is 0. The first-order chi connectivity index (χ1) is 8.36. The van der Waals surface area contributed by atoms with Crippen LogP contribution in [0.25, 0.3) is 10.8 Å². The Kier molecular flexibility index (Phi) is 3.90. The summed E-state index contributed by atoms with van der Waals surface area (Å²) in [7, 11) is 1.66. The topological polar surface area (TPSA) is 9.23 Å². The van der Waals surface area contributed by atoms with E-state index in [1.165, 1.54) is 5.39 Å². The van der Waals surface area contributed by atoms with Gasteiger partial charge < -0.3 is 4.74 Å². The van der Waals surface area contributed by atoms with Gasteiger partial charge in [0.25, 0.3) is 0 Å². The number of hydrogen-bond acceptors (Lipinski definition) is 1. The number of methoxy groups -OCH3 is 1. The molecule has 0 aromatic heterocycles. The molecular formula is C15H13ClO.